The average molecular weight is 462 g/mol. The van der Waals surface area contributed by atoms with Crippen LogP contribution in [-0.2, 0) is 9.59 Å². The number of amides is 2. The summed E-state index contributed by atoms with van der Waals surface area (Å²) in [6.07, 6.45) is 2.08. The lowest BCUT2D eigenvalue weighted by Crippen LogP contribution is -2.33. The number of nitrogens with zero attached hydrogens (tertiary/aromatic N) is 2. The van der Waals surface area contributed by atoms with Crippen LogP contribution in [0.4, 0.5) is 5.69 Å². The van der Waals surface area contributed by atoms with Crippen LogP contribution in [0.5, 0.6) is 17.2 Å². The average Bonchev–Trinajstić information content (AvgIpc) is 3.30. The van der Waals surface area contributed by atoms with Gasteiger partial charge in [-0.15, -0.1) is 0 Å². The number of phenolic OH excluding ortho intramolecular Hbond substituents is 1. The summed E-state index contributed by atoms with van der Waals surface area (Å²) in [7, 11) is 2.94. The number of phenols is 1. The molecule has 5 rings (SSSR count). The third-order valence-corrected chi connectivity index (χ3v) is 6.66. The van der Waals surface area contributed by atoms with Gasteiger partial charge in [0.25, 0.3) is 5.91 Å². The first-order chi connectivity index (χ1) is 16.3. The van der Waals surface area contributed by atoms with E-state index in [1.807, 2.05) is 12.1 Å². The fourth-order valence-electron chi connectivity index (χ4n) is 5.09. The molecule has 1 aromatic heterocycles. The molecule has 0 spiro atoms. The highest BCUT2D eigenvalue weighted by molar-refractivity contribution is 6.11. The predicted octanol–water partition coefficient (Wildman–Crippen LogP) is 4.15. The van der Waals surface area contributed by atoms with E-state index < -0.39 is 5.92 Å². The minimum absolute atomic E-state index is 0.108. The molecule has 2 aromatic carbocycles. The Kier molecular flexibility index (Phi) is 5.04. The Morgan fingerprint density at radius 2 is 1.85 bits per heavy atom. The number of ether oxygens (including phenoxy) is 2. The standard InChI is InChI=1S/C26H27N3O5/c1-13(2)28-11-16-22(15-9-20(33-4)25(31)21(10-15)34-5)24-18(12-29(14(3)30)26(24)32)27-17-7-6-8-19(28)23(16)17/h6-11,13,22,27,31H,12H2,1-5H3/t22-/m1/s1. The lowest BCUT2D eigenvalue weighted by molar-refractivity contribution is -0.139. The third-order valence-electron chi connectivity index (χ3n) is 6.66. The van der Waals surface area contributed by atoms with E-state index in [2.05, 4.69) is 36.0 Å². The van der Waals surface area contributed by atoms with Crippen LogP contribution in [0, 0.1) is 0 Å². The summed E-state index contributed by atoms with van der Waals surface area (Å²) >= 11 is 0. The molecule has 0 bridgehead atoms. The highest BCUT2D eigenvalue weighted by atomic mass is 16.5. The molecule has 0 saturated carbocycles. The van der Waals surface area contributed by atoms with Crippen LogP contribution in [-0.4, -0.2) is 47.2 Å². The van der Waals surface area contributed by atoms with Gasteiger partial charge in [-0.05, 0) is 49.2 Å². The number of carbonyl (C=O) groups is 2. The van der Waals surface area contributed by atoms with Crippen LogP contribution in [0.1, 0.15) is 43.9 Å². The second-order valence-corrected chi connectivity index (χ2v) is 8.92. The Hall–Kier alpha value is -3.94. The van der Waals surface area contributed by atoms with Crippen molar-refractivity contribution in [1.29, 1.82) is 0 Å². The highest BCUT2D eigenvalue weighted by Gasteiger charge is 2.42. The molecule has 0 radical (unpaired) electrons. The third kappa shape index (κ3) is 3.05. The first-order valence-corrected chi connectivity index (χ1v) is 11.2. The van der Waals surface area contributed by atoms with Crippen molar-refractivity contribution in [3.63, 3.8) is 0 Å². The van der Waals surface area contributed by atoms with Gasteiger partial charge in [-0.3, -0.25) is 14.5 Å². The van der Waals surface area contributed by atoms with Crippen LogP contribution in [0.3, 0.4) is 0 Å². The number of aromatic nitrogens is 1. The van der Waals surface area contributed by atoms with Gasteiger partial charge >= 0.3 is 0 Å². The lowest BCUT2D eigenvalue weighted by atomic mass is 9.84. The smallest absolute Gasteiger partial charge is 0.259 e. The maximum absolute atomic E-state index is 13.6. The molecule has 0 saturated heterocycles. The summed E-state index contributed by atoms with van der Waals surface area (Å²) in [5.74, 6) is -0.760. The van der Waals surface area contributed by atoms with Gasteiger partial charge in [-0.1, -0.05) is 6.07 Å². The molecule has 1 atom stereocenters. The topological polar surface area (TPSA) is 93.0 Å². The van der Waals surface area contributed by atoms with Crippen LogP contribution < -0.4 is 14.8 Å². The number of anilines is 1. The summed E-state index contributed by atoms with van der Waals surface area (Å²) in [5.41, 5.74) is 4.79. The van der Waals surface area contributed by atoms with Crippen LogP contribution in [0.2, 0.25) is 0 Å². The first-order valence-electron chi connectivity index (χ1n) is 11.2. The highest BCUT2D eigenvalue weighted by Crippen LogP contribution is 2.49. The largest absolute Gasteiger partial charge is 0.502 e. The van der Waals surface area contributed by atoms with E-state index in [0.717, 1.165) is 27.7 Å². The van der Waals surface area contributed by atoms with Gasteiger partial charge in [0.05, 0.1) is 31.9 Å². The maximum Gasteiger partial charge on any atom is 0.259 e. The van der Waals surface area contributed by atoms with Crippen LogP contribution in [0.25, 0.3) is 10.9 Å². The molecular formula is C26H27N3O5. The fraction of sp³-hybridized carbons (Fsp3) is 0.308. The number of methoxy groups -OCH3 is 2. The molecule has 2 aliphatic rings. The normalized spacial score (nSPS) is 17.2. The van der Waals surface area contributed by atoms with Crippen molar-refractivity contribution >= 4 is 28.4 Å². The van der Waals surface area contributed by atoms with Gasteiger partial charge in [0.2, 0.25) is 11.7 Å². The van der Waals surface area contributed by atoms with Crippen molar-refractivity contribution in [3.8, 4) is 17.2 Å². The van der Waals surface area contributed by atoms with Gasteiger partial charge in [-0.25, -0.2) is 0 Å². The van der Waals surface area contributed by atoms with E-state index in [4.69, 9.17) is 9.47 Å². The van der Waals surface area contributed by atoms with Crippen molar-refractivity contribution < 1.29 is 24.2 Å². The Bertz CT molecular complexity index is 1360. The maximum atomic E-state index is 13.6. The van der Waals surface area contributed by atoms with Crippen molar-refractivity contribution in [2.45, 2.75) is 32.7 Å². The number of imide groups is 1. The van der Waals surface area contributed by atoms with E-state index in [9.17, 15) is 14.7 Å². The second kappa shape index (κ2) is 7.83. The number of carbonyl (C=O) groups excluding carboxylic acids is 2. The van der Waals surface area contributed by atoms with Gasteiger partial charge in [0, 0.05) is 41.9 Å². The van der Waals surface area contributed by atoms with E-state index in [-0.39, 0.29) is 41.6 Å². The summed E-state index contributed by atoms with van der Waals surface area (Å²) in [6.45, 7) is 5.80. The van der Waals surface area contributed by atoms with Gasteiger partial charge < -0.3 is 24.5 Å². The number of benzene rings is 2. The van der Waals surface area contributed by atoms with Gasteiger partial charge in [-0.2, -0.15) is 0 Å². The monoisotopic (exact) mass is 461 g/mol. The molecule has 2 amide bonds. The molecule has 0 fully saturated rings. The summed E-state index contributed by atoms with van der Waals surface area (Å²) in [6, 6.07) is 9.69. The minimum atomic E-state index is -0.506. The van der Waals surface area contributed by atoms with Gasteiger partial charge in [0.15, 0.2) is 11.5 Å². The zero-order valence-corrected chi connectivity index (χ0v) is 19.8. The fourth-order valence-corrected chi connectivity index (χ4v) is 5.09. The Morgan fingerprint density at radius 3 is 2.44 bits per heavy atom. The van der Waals surface area contributed by atoms with Gasteiger partial charge in [0.1, 0.15) is 0 Å². The Balaban J connectivity index is 1.85. The molecule has 0 unspecified atom stereocenters. The predicted molar refractivity (Wildman–Crippen MR) is 128 cm³/mol. The summed E-state index contributed by atoms with van der Waals surface area (Å²) in [4.78, 5) is 27.1. The van der Waals surface area contributed by atoms with E-state index in [0.29, 0.717) is 11.3 Å². The molecular weight excluding hydrogens is 434 g/mol. The molecule has 2 aliphatic heterocycles. The zero-order chi connectivity index (χ0) is 24.3. The van der Waals surface area contributed by atoms with Crippen molar-refractivity contribution in [2.75, 3.05) is 26.1 Å². The Morgan fingerprint density at radius 1 is 1.18 bits per heavy atom. The van der Waals surface area contributed by atoms with Crippen LogP contribution >= 0.6 is 0 Å². The number of nitrogens with one attached hydrogen (secondary N) is 1. The summed E-state index contributed by atoms with van der Waals surface area (Å²) < 4.78 is 13.0. The molecule has 176 valence electrons. The molecule has 0 aliphatic carbocycles. The quantitative estimate of drug-likeness (QED) is 0.607. The van der Waals surface area contributed by atoms with E-state index >= 15 is 0 Å². The van der Waals surface area contributed by atoms with Crippen molar-refractivity contribution in [1.82, 2.24) is 9.47 Å². The van der Waals surface area contributed by atoms with E-state index in [1.165, 1.54) is 26.0 Å². The molecule has 8 heteroatoms. The SMILES string of the molecule is COc1cc([C@H]2C3=C(CN(C(C)=O)C3=O)Nc3cccc4c3c2cn4C(C)C)cc(OC)c1O. The molecule has 3 heterocycles. The Labute approximate surface area is 197 Å². The first kappa shape index (κ1) is 21.9. The van der Waals surface area contributed by atoms with Crippen LogP contribution in [0.15, 0.2) is 47.8 Å². The zero-order valence-electron chi connectivity index (χ0n) is 19.8. The molecule has 2 N–H and O–H groups in total. The van der Waals surface area contributed by atoms with Crippen molar-refractivity contribution in [2.24, 2.45) is 0 Å². The second-order valence-electron chi connectivity index (χ2n) is 8.92. The number of hydrogen-bond donors (Lipinski definition) is 2. The van der Waals surface area contributed by atoms with Crippen molar-refractivity contribution in [3.05, 3.63) is 58.9 Å². The van der Waals surface area contributed by atoms with E-state index in [1.54, 1.807) is 12.1 Å². The molecule has 8 nitrogen and oxygen atoms in total. The molecule has 3 aromatic rings. The number of hydrogen-bond acceptors (Lipinski definition) is 6. The number of rotatable bonds is 4. The minimum Gasteiger partial charge on any atom is -0.502 e. The summed E-state index contributed by atoms with van der Waals surface area (Å²) in [5, 5.41) is 15.0. The molecule has 34 heavy (non-hydrogen) atoms. The number of aromatic hydroxyl groups is 1. The lowest BCUT2D eigenvalue weighted by Gasteiger charge is -2.21.